The number of carbonyl (C=O) groups excluding carboxylic acids is 2. The standard InChI is InChI=1S/C21H20N2O5S/c1-14-10-11-15(12-17(14)23(26)27)18(24)13-28-21(25)9-5-4-8-20-22-16-6-2-3-7-19(16)29-20/h2-3,6-7,10-12H,4-5,8-9,13H2,1H3. The second-order valence-corrected chi connectivity index (χ2v) is 7.74. The lowest BCUT2D eigenvalue weighted by molar-refractivity contribution is -0.385. The molecule has 8 heteroatoms. The van der Waals surface area contributed by atoms with E-state index in [-0.39, 0.29) is 17.7 Å². The van der Waals surface area contributed by atoms with Gasteiger partial charge in [0, 0.05) is 23.6 Å². The number of aromatic nitrogens is 1. The Morgan fingerprint density at radius 3 is 2.72 bits per heavy atom. The molecule has 0 bridgehead atoms. The van der Waals surface area contributed by atoms with Gasteiger partial charge in [0.05, 0.1) is 20.1 Å². The number of unbranched alkanes of at least 4 members (excludes halogenated alkanes) is 1. The summed E-state index contributed by atoms with van der Waals surface area (Å²) in [6.45, 7) is 1.18. The zero-order chi connectivity index (χ0) is 20.8. The molecule has 0 amide bonds. The molecule has 0 radical (unpaired) electrons. The van der Waals surface area contributed by atoms with Gasteiger partial charge >= 0.3 is 5.97 Å². The van der Waals surface area contributed by atoms with Crippen LogP contribution in [-0.2, 0) is 16.0 Å². The Kier molecular flexibility index (Phi) is 6.66. The Morgan fingerprint density at radius 2 is 1.97 bits per heavy atom. The Hall–Kier alpha value is -3.13. The van der Waals surface area contributed by atoms with Crippen molar-refractivity contribution in [3.8, 4) is 0 Å². The van der Waals surface area contributed by atoms with E-state index in [1.54, 1.807) is 18.3 Å². The van der Waals surface area contributed by atoms with E-state index in [9.17, 15) is 19.7 Å². The number of nitrogens with zero attached hydrogens (tertiary/aromatic N) is 2. The first kappa shape index (κ1) is 20.6. The molecule has 0 saturated heterocycles. The number of hydrogen-bond donors (Lipinski definition) is 0. The van der Waals surface area contributed by atoms with Crippen LogP contribution < -0.4 is 0 Å². The zero-order valence-electron chi connectivity index (χ0n) is 15.9. The molecule has 150 valence electrons. The van der Waals surface area contributed by atoms with Crippen molar-refractivity contribution >= 4 is 39.0 Å². The van der Waals surface area contributed by atoms with Crippen LogP contribution in [0.25, 0.3) is 10.2 Å². The Morgan fingerprint density at radius 1 is 1.17 bits per heavy atom. The van der Waals surface area contributed by atoms with Crippen molar-refractivity contribution < 1.29 is 19.2 Å². The molecule has 0 spiro atoms. The number of benzene rings is 2. The number of nitro benzene ring substituents is 1. The predicted octanol–water partition coefficient (Wildman–Crippen LogP) is 4.65. The van der Waals surface area contributed by atoms with Crippen LogP contribution in [0.1, 0.15) is 40.2 Å². The number of thiazole rings is 1. The van der Waals surface area contributed by atoms with Gasteiger partial charge in [-0.15, -0.1) is 11.3 Å². The number of fused-ring (bicyclic) bond motifs is 1. The fourth-order valence-electron chi connectivity index (χ4n) is 2.85. The number of hydrogen-bond acceptors (Lipinski definition) is 7. The van der Waals surface area contributed by atoms with Crippen LogP contribution in [0.15, 0.2) is 42.5 Å². The topological polar surface area (TPSA) is 99.4 Å². The quantitative estimate of drug-likeness (QED) is 0.167. The highest BCUT2D eigenvalue weighted by atomic mass is 32.1. The summed E-state index contributed by atoms with van der Waals surface area (Å²) in [5, 5.41) is 12.0. The summed E-state index contributed by atoms with van der Waals surface area (Å²) in [4.78, 5) is 39.0. The molecule has 0 aliphatic rings. The minimum Gasteiger partial charge on any atom is -0.457 e. The SMILES string of the molecule is Cc1ccc(C(=O)COC(=O)CCCCc2nc3ccccc3s2)cc1[N+](=O)[O-]. The monoisotopic (exact) mass is 412 g/mol. The lowest BCUT2D eigenvalue weighted by atomic mass is 10.1. The maximum atomic E-state index is 12.1. The number of nitro groups is 1. The first-order valence-electron chi connectivity index (χ1n) is 9.22. The summed E-state index contributed by atoms with van der Waals surface area (Å²) >= 11 is 1.65. The van der Waals surface area contributed by atoms with E-state index < -0.39 is 23.3 Å². The summed E-state index contributed by atoms with van der Waals surface area (Å²) in [6.07, 6.45) is 2.44. The lowest BCUT2D eigenvalue weighted by Gasteiger charge is -2.05. The minimum atomic E-state index is -0.538. The molecule has 29 heavy (non-hydrogen) atoms. The van der Waals surface area contributed by atoms with Gasteiger partial charge in [-0.05, 0) is 38.3 Å². The second kappa shape index (κ2) is 9.38. The van der Waals surface area contributed by atoms with Crippen LogP contribution >= 0.6 is 11.3 Å². The van der Waals surface area contributed by atoms with Crippen molar-refractivity contribution in [2.24, 2.45) is 0 Å². The van der Waals surface area contributed by atoms with Crippen molar-refractivity contribution in [1.82, 2.24) is 4.98 Å². The highest BCUT2D eigenvalue weighted by molar-refractivity contribution is 7.18. The van der Waals surface area contributed by atoms with Crippen molar-refractivity contribution in [1.29, 1.82) is 0 Å². The molecule has 0 aliphatic carbocycles. The minimum absolute atomic E-state index is 0.128. The van der Waals surface area contributed by atoms with Crippen molar-refractivity contribution in [2.75, 3.05) is 6.61 Å². The molecular formula is C21H20N2O5S. The number of ketones is 1. The van der Waals surface area contributed by atoms with Gasteiger partial charge in [0.2, 0.25) is 5.78 Å². The lowest BCUT2D eigenvalue weighted by Crippen LogP contribution is -2.14. The van der Waals surface area contributed by atoms with E-state index in [4.69, 9.17) is 4.74 Å². The molecule has 0 unspecified atom stereocenters. The third kappa shape index (κ3) is 5.45. The van der Waals surface area contributed by atoms with Crippen LogP contribution in [0.2, 0.25) is 0 Å². The molecule has 0 atom stereocenters. The van der Waals surface area contributed by atoms with Crippen LogP contribution in [0.3, 0.4) is 0 Å². The maximum Gasteiger partial charge on any atom is 0.306 e. The number of carbonyl (C=O) groups is 2. The molecular weight excluding hydrogens is 392 g/mol. The molecule has 7 nitrogen and oxygen atoms in total. The van der Waals surface area contributed by atoms with Gasteiger partial charge in [0.1, 0.15) is 0 Å². The molecule has 0 aliphatic heterocycles. The average Bonchev–Trinajstić information content (AvgIpc) is 3.12. The average molecular weight is 412 g/mol. The Bertz CT molecular complexity index is 1030. The molecule has 3 rings (SSSR count). The number of ether oxygens (including phenoxy) is 1. The largest absolute Gasteiger partial charge is 0.457 e. The van der Waals surface area contributed by atoms with E-state index in [0.717, 1.165) is 28.1 Å². The highest BCUT2D eigenvalue weighted by Gasteiger charge is 2.16. The highest BCUT2D eigenvalue weighted by Crippen LogP contribution is 2.23. The van der Waals surface area contributed by atoms with Crippen molar-refractivity contribution in [3.05, 3.63) is 68.7 Å². The Balaban J connectivity index is 1.41. The van der Waals surface area contributed by atoms with E-state index in [0.29, 0.717) is 12.0 Å². The molecule has 0 N–H and O–H groups in total. The van der Waals surface area contributed by atoms with Crippen LogP contribution in [0, 0.1) is 17.0 Å². The van der Waals surface area contributed by atoms with E-state index in [1.165, 1.54) is 18.2 Å². The van der Waals surface area contributed by atoms with Gasteiger partial charge in [-0.3, -0.25) is 19.7 Å². The maximum absolute atomic E-state index is 12.1. The number of esters is 1. The smallest absolute Gasteiger partial charge is 0.306 e. The van der Waals surface area contributed by atoms with Gasteiger partial charge in [-0.25, -0.2) is 4.98 Å². The number of aryl methyl sites for hydroxylation is 2. The first-order chi connectivity index (χ1) is 13.9. The van der Waals surface area contributed by atoms with Crippen LogP contribution in [0.5, 0.6) is 0 Å². The second-order valence-electron chi connectivity index (χ2n) is 6.62. The van der Waals surface area contributed by atoms with Crippen molar-refractivity contribution in [2.45, 2.75) is 32.6 Å². The number of Topliss-reactive ketones (excluding diaryl/α,β-unsaturated/α-hetero) is 1. The third-order valence-corrected chi connectivity index (χ3v) is 5.55. The van der Waals surface area contributed by atoms with Gasteiger partial charge in [-0.2, -0.15) is 0 Å². The molecule has 0 fully saturated rings. The number of para-hydroxylation sites is 1. The zero-order valence-corrected chi connectivity index (χ0v) is 16.7. The van der Waals surface area contributed by atoms with E-state index in [1.807, 2.05) is 24.3 Å². The molecule has 0 saturated carbocycles. The fourth-order valence-corrected chi connectivity index (χ4v) is 3.86. The van der Waals surface area contributed by atoms with Crippen LogP contribution in [-0.4, -0.2) is 28.3 Å². The van der Waals surface area contributed by atoms with E-state index in [2.05, 4.69) is 4.98 Å². The fraction of sp³-hybridized carbons (Fsp3) is 0.286. The normalized spacial score (nSPS) is 10.8. The predicted molar refractivity (Wildman–Crippen MR) is 110 cm³/mol. The molecule has 3 aromatic rings. The third-order valence-electron chi connectivity index (χ3n) is 4.45. The molecule has 1 aromatic heterocycles. The molecule has 1 heterocycles. The van der Waals surface area contributed by atoms with Crippen LogP contribution in [0.4, 0.5) is 5.69 Å². The van der Waals surface area contributed by atoms with Gasteiger partial charge in [0.15, 0.2) is 6.61 Å². The van der Waals surface area contributed by atoms with Gasteiger partial charge < -0.3 is 4.74 Å². The summed E-state index contributed by atoms with van der Waals surface area (Å²) < 4.78 is 6.17. The summed E-state index contributed by atoms with van der Waals surface area (Å²) in [6, 6.07) is 12.2. The van der Waals surface area contributed by atoms with Gasteiger partial charge in [0.25, 0.3) is 5.69 Å². The van der Waals surface area contributed by atoms with Gasteiger partial charge in [-0.1, -0.05) is 24.3 Å². The Labute approximate surface area is 171 Å². The molecule has 2 aromatic carbocycles. The van der Waals surface area contributed by atoms with Crippen molar-refractivity contribution in [3.63, 3.8) is 0 Å². The number of rotatable bonds is 9. The summed E-state index contributed by atoms with van der Waals surface area (Å²) in [5.74, 6) is -0.916. The van der Waals surface area contributed by atoms with E-state index >= 15 is 0 Å². The summed E-state index contributed by atoms with van der Waals surface area (Å²) in [5.41, 5.74) is 1.49. The summed E-state index contributed by atoms with van der Waals surface area (Å²) in [7, 11) is 0. The first-order valence-corrected chi connectivity index (χ1v) is 10.0.